The summed E-state index contributed by atoms with van der Waals surface area (Å²) < 4.78 is 10.7. The Hall–Kier alpha value is -1.88. The van der Waals surface area contributed by atoms with Crippen LogP contribution in [0.25, 0.3) is 0 Å². The van der Waals surface area contributed by atoms with Gasteiger partial charge in [-0.05, 0) is 25.0 Å². The second kappa shape index (κ2) is 5.63. The number of nitrogens with zero attached hydrogens (tertiary/aromatic N) is 1. The Morgan fingerprint density at radius 1 is 1.50 bits per heavy atom. The average molecular weight is 289 g/mol. The minimum absolute atomic E-state index is 0.207. The van der Waals surface area contributed by atoms with Crippen LogP contribution in [0.15, 0.2) is 29.6 Å². The van der Waals surface area contributed by atoms with E-state index in [0.29, 0.717) is 18.9 Å². The molecular formula is C15H15NO3S. The predicted molar refractivity (Wildman–Crippen MR) is 76.5 cm³/mol. The van der Waals surface area contributed by atoms with E-state index in [1.165, 1.54) is 16.9 Å². The summed E-state index contributed by atoms with van der Waals surface area (Å²) in [4.78, 5) is 16.0. The summed E-state index contributed by atoms with van der Waals surface area (Å²) in [6, 6.07) is 8.04. The summed E-state index contributed by atoms with van der Waals surface area (Å²) >= 11 is 1.49. The number of hydrogen-bond donors (Lipinski definition) is 0. The van der Waals surface area contributed by atoms with Crippen molar-refractivity contribution < 1.29 is 14.3 Å². The van der Waals surface area contributed by atoms with Crippen LogP contribution < -0.4 is 4.74 Å². The van der Waals surface area contributed by atoms with Gasteiger partial charge in [0, 0.05) is 11.3 Å². The molecule has 2 heterocycles. The van der Waals surface area contributed by atoms with Gasteiger partial charge in [-0.2, -0.15) is 0 Å². The number of esters is 1. The monoisotopic (exact) mass is 289 g/mol. The molecule has 1 aliphatic rings. The van der Waals surface area contributed by atoms with Crippen molar-refractivity contribution in [1.29, 1.82) is 0 Å². The van der Waals surface area contributed by atoms with Gasteiger partial charge in [-0.25, -0.2) is 9.78 Å². The van der Waals surface area contributed by atoms with E-state index in [-0.39, 0.29) is 11.9 Å². The first-order valence-corrected chi connectivity index (χ1v) is 7.49. The van der Waals surface area contributed by atoms with Crippen molar-refractivity contribution in [2.75, 3.05) is 13.2 Å². The van der Waals surface area contributed by atoms with E-state index in [1.54, 1.807) is 12.3 Å². The van der Waals surface area contributed by atoms with Crippen LogP contribution in [0, 0.1) is 0 Å². The first-order chi connectivity index (χ1) is 9.78. The van der Waals surface area contributed by atoms with E-state index in [9.17, 15) is 4.79 Å². The van der Waals surface area contributed by atoms with Crippen molar-refractivity contribution >= 4 is 17.3 Å². The fourth-order valence-electron chi connectivity index (χ4n) is 2.26. The molecule has 0 aliphatic carbocycles. The van der Waals surface area contributed by atoms with Crippen LogP contribution in [-0.4, -0.2) is 24.2 Å². The Balaban J connectivity index is 1.77. The highest BCUT2D eigenvalue weighted by atomic mass is 32.1. The molecule has 0 fully saturated rings. The van der Waals surface area contributed by atoms with Gasteiger partial charge in [-0.1, -0.05) is 18.2 Å². The van der Waals surface area contributed by atoms with Gasteiger partial charge in [0.05, 0.1) is 13.2 Å². The van der Waals surface area contributed by atoms with Gasteiger partial charge >= 0.3 is 5.97 Å². The molecule has 1 aliphatic heterocycles. The number of benzene rings is 1. The van der Waals surface area contributed by atoms with Gasteiger partial charge in [0.25, 0.3) is 0 Å². The first kappa shape index (κ1) is 13.1. The third-order valence-corrected chi connectivity index (χ3v) is 4.24. The van der Waals surface area contributed by atoms with E-state index < -0.39 is 0 Å². The Bertz CT molecular complexity index is 623. The molecule has 1 aromatic heterocycles. The van der Waals surface area contributed by atoms with Gasteiger partial charge in [-0.3, -0.25) is 0 Å². The van der Waals surface area contributed by atoms with Crippen LogP contribution in [0.1, 0.15) is 33.9 Å². The maximum atomic E-state index is 11.6. The zero-order chi connectivity index (χ0) is 13.9. The molecule has 0 amide bonds. The van der Waals surface area contributed by atoms with Gasteiger partial charge in [0.2, 0.25) is 0 Å². The van der Waals surface area contributed by atoms with Gasteiger partial charge in [0.1, 0.15) is 10.8 Å². The summed E-state index contributed by atoms with van der Waals surface area (Å²) in [5, 5.41) is 2.69. The van der Waals surface area contributed by atoms with Gasteiger partial charge in [-0.15, -0.1) is 11.3 Å². The van der Waals surface area contributed by atoms with Crippen LogP contribution >= 0.6 is 11.3 Å². The lowest BCUT2D eigenvalue weighted by atomic mass is 9.97. The van der Waals surface area contributed by atoms with Crippen LogP contribution in [-0.2, 0) is 11.2 Å². The van der Waals surface area contributed by atoms with Crippen molar-refractivity contribution in [3.8, 4) is 5.75 Å². The molecule has 0 saturated heterocycles. The van der Waals surface area contributed by atoms with Crippen LogP contribution in [0.2, 0.25) is 0 Å². The van der Waals surface area contributed by atoms with Crippen LogP contribution in [0.5, 0.6) is 5.75 Å². The Labute approximate surface area is 121 Å². The molecule has 20 heavy (non-hydrogen) atoms. The van der Waals surface area contributed by atoms with Gasteiger partial charge < -0.3 is 9.47 Å². The normalized spacial score (nSPS) is 17.1. The molecule has 4 nitrogen and oxygen atoms in total. The number of para-hydroxylation sites is 1. The SMILES string of the molecule is CCOC(=O)c1csc(C2COc3ccccc3C2)n1. The smallest absolute Gasteiger partial charge is 0.357 e. The van der Waals surface area contributed by atoms with E-state index in [4.69, 9.17) is 9.47 Å². The molecule has 2 aromatic rings. The van der Waals surface area contributed by atoms with E-state index in [1.807, 2.05) is 18.2 Å². The number of carbonyl (C=O) groups is 1. The average Bonchev–Trinajstić information content (AvgIpc) is 2.97. The number of aromatic nitrogens is 1. The number of ether oxygens (including phenoxy) is 2. The topological polar surface area (TPSA) is 48.4 Å². The number of fused-ring (bicyclic) bond motifs is 1. The van der Waals surface area contributed by atoms with Crippen LogP contribution in [0.3, 0.4) is 0 Å². The second-order valence-electron chi connectivity index (χ2n) is 4.61. The van der Waals surface area contributed by atoms with E-state index >= 15 is 0 Å². The predicted octanol–water partition coefficient (Wildman–Crippen LogP) is 3.04. The maximum Gasteiger partial charge on any atom is 0.357 e. The summed E-state index contributed by atoms with van der Waals surface area (Å²) in [5.74, 6) is 0.802. The van der Waals surface area contributed by atoms with E-state index in [2.05, 4.69) is 11.1 Å². The fourth-order valence-corrected chi connectivity index (χ4v) is 3.14. The first-order valence-electron chi connectivity index (χ1n) is 6.61. The largest absolute Gasteiger partial charge is 0.493 e. The number of rotatable bonds is 3. The van der Waals surface area contributed by atoms with Crippen molar-refractivity contribution in [2.24, 2.45) is 0 Å². The highest BCUT2D eigenvalue weighted by Crippen LogP contribution is 2.33. The Morgan fingerprint density at radius 3 is 3.20 bits per heavy atom. The molecule has 1 unspecified atom stereocenters. The third-order valence-electron chi connectivity index (χ3n) is 3.23. The number of hydrogen-bond acceptors (Lipinski definition) is 5. The molecular weight excluding hydrogens is 274 g/mol. The lowest BCUT2D eigenvalue weighted by molar-refractivity contribution is 0.0520. The molecule has 0 N–H and O–H groups in total. The number of carbonyl (C=O) groups excluding carboxylic acids is 1. The molecule has 0 radical (unpaired) electrons. The van der Waals surface area contributed by atoms with Crippen molar-refractivity contribution in [2.45, 2.75) is 19.3 Å². The van der Waals surface area contributed by atoms with Crippen molar-refractivity contribution in [1.82, 2.24) is 4.98 Å². The fraction of sp³-hybridized carbons (Fsp3) is 0.333. The summed E-state index contributed by atoms with van der Waals surface area (Å²) in [6.07, 6.45) is 0.895. The quantitative estimate of drug-likeness (QED) is 0.815. The minimum Gasteiger partial charge on any atom is -0.493 e. The highest BCUT2D eigenvalue weighted by molar-refractivity contribution is 7.09. The lowest BCUT2D eigenvalue weighted by Gasteiger charge is -2.23. The molecule has 0 bridgehead atoms. The molecule has 1 atom stereocenters. The summed E-state index contributed by atoms with van der Waals surface area (Å²) in [6.45, 7) is 2.76. The third kappa shape index (κ3) is 2.54. The summed E-state index contributed by atoms with van der Waals surface area (Å²) in [5.41, 5.74) is 1.59. The maximum absolute atomic E-state index is 11.6. The van der Waals surface area contributed by atoms with Crippen LogP contribution in [0.4, 0.5) is 0 Å². The standard InChI is InChI=1S/C15H15NO3S/c1-2-18-15(17)12-9-20-14(16-12)11-7-10-5-3-4-6-13(10)19-8-11/h3-6,9,11H,2,7-8H2,1H3. The zero-order valence-corrected chi connectivity index (χ0v) is 12.0. The lowest BCUT2D eigenvalue weighted by Crippen LogP contribution is -2.19. The van der Waals surface area contributed by atoms with Crippen molar-refractivity contribution in [3.05, 3.63) is 45.9 Å². The zero-order valence-electron chi connectivity index (χ0n) is 11.2. The Morgan fingerprint density at radius 2 is 2.35 bits per heavy atom. The molecule has 3 rings (SSSR count). The summed E-state index contributed by atoms with van der Waals surface area (Å²) in [7, 11) is 0. The second-order valence-corrected chi connectivity index (χ2v) is 5.50. The molecule has 5 heteroatoms. The molecule has 1 aromatic carbocycles. The molecule has 0 spiro atoms. The Kier molecular flexibility index (Phi) is 3.69. The molecule has 0 saturated carbocycles. The van der Waals surface area contributed by atoms with E-state index in [0.717, 1.165) is 17.2 Å². The highest BCUT2D eigenvalue weighted by Gasteiger charge is 2.24. The minimum atomic E-state index is -0.355. The van der Waals surface area contributed by atoms with Crippen molar-refractivity contribution in [3.63, 3.8) is 0 Å². The number of thiazole rings is 1. The molecule has 104 valence electrons. The van der Waals surface area contributed by atoms with Gasteiger partial charge in [0.15, 0.2) is 5.69 Å².